The zero-order valence-electron chi connectivity index (χ0n) is 12.1. The molecule has 2 N–H and O–H groups in total. The molecule has 0 spiro atoms. The van der Waals surface area contributed by atoms with Gasteiger partial charge in [-0.15, -0.1) is 0 Å². The number of aromatic carboxylic acids is 1. The van der Waals surface area contributed by atoms with Crippen LogP contribution >= 0.6 is 0 Å². The summed E-state index contributed by atoms with van der Waals surface area (Å²) in [6, 6.07) is 4.62. The van der Waals surface area contributed by atoms with E-state index in [-0.39, 0.29) is 11.3 Å². The van der Waals surface area contributed by atoms with Crippen molar-refractivity contribution in [3.8, 4) is 0 Å². The third-order valence-corrected chi connectivity index (χ3v) is 3.40. The highest BCUT2D eigenvalue weighted by molar-refractivity contribution is 5.92. The number of methoxy groups -OCH3 is 1. The lowest BCUT2D eigenvalue weighted by Gasteiger charge is -2.16. The molecule has 0 saturated heterocycles. The first-order valence-electron chi connectivity index (χ1n) is 6.66. The summed E-state index contributed by atoms with van der Waals surface area (Å²) >= 11 is 0. The standard InChI is InChI=1S/C14H19N3O4/c1-16(7-8-21-2)5-6-17-12-9-10(13(18)19)3-4-11(12)15-14(17)20/h3-4,9H,5-8H2,1-2H3,(H,15,20)(H,18,19). The molecule has 0 aliphatic heterocycles. The van der Waals surface area contributed by atoms with Crippen LogP contribution in [0.25, 0.3) is 11.0 Å². The average Bonchev–Trinajstić information content (AvgIpc) is 2.77. The highest BCUT2D eigenvalue weighted by Gasteiger charge is 2.11. The quantitative estimate of drug-likeness (QED) is 0.781. The molecule has 0 atom stereocenters. The summed E-state index contributed by atoms with van der Waals surface area (Å²) in [5.41, 5.74) is 1.19. The van der Waals surface area contributed by atoms with Crippen LogP contribution in [-0.2, 0) is 11.3 Å². The van der Waals surface area contributed by atoms with Crippen molar-refractivity contribution >= 4 is 17.0 Å². The molecule has 0 amide bonds. The van der Waals surface area contributed by atoms with E-state index >= 15 is 0 Å². The molecule has 2 rings (SSSR count). The van der Waals surface area contributed by atoms with Crippen LogP contribution in [0.5, 0.6) is 0 Å². The number of ether oxygens (including phenoxy) is 1. The van der Waals surface area contributed by atoms with E-state index in [4.69, 9.17) is 9.84 Å². The van der Waals surface area contributed by atoms with Gasteiger partial charge in [-0.3, -0.25) is 4.57 Å². The summed E-state index contributed by atoms with van der Waals surface area (Å²) < 4.78 is 6.56. The molecule has 7 nitrogen and oxygen atoms in total. The Morgan fingerprint density at radius 1 is 1.43 bits per heavy atom. The second-order valence-electron chi connectivity index (χ2n) is 4.91. The predicted octanol–water partition coefficient (Wildman–Crippen LogP) is 0.606. The Balaban J connectivity index is 2.22. The Morgan fingerprint density at radius 3 is 2.86 bits per heavy atom. The average molecular weight is 293 g/mol. The second kappa shape index (κ2) is 6.55. The number of benzene rings is 1. The monoisotopic (exact) mass is 293 g/mol. The first-order chi connectivity index (χ1) is 10.0. The smallest absolute Gasteiger partial charge is 0.335 e. The summed E-state index contributed by atoms with van der Waals surface area (Å²) in [6.45, 7) is 2.56. The third kappa shape index (κ3) is 3.50. The lowest BCUT2D eigenvalue weighted by molar-refractivity contribution is 0.0697. The van der Waals surface area contributed by atoms with Crippen LogP contribution in [0.15, 0.2) is 23.0 Å². The first kappa shape index (κ1) is 15.3. The molecule has 0 fully saturated rings. The van der Waals surface area contributed by atoms with Crippen molar-refractivity contribution in [1.82, 2.24) is 14.5 Å². The summed E-state index contributed by atoms with van der Waals surface area (Å²) in [7, 11) is 3.59. The van der Waals surface area contributed by atoms with E-state index in [0.717, 1.165) is 6.54 Å². The Hall–Kier alpha value is -2.12. The van der Waals surface area contributed by atoms with Gasteiger partial charge in [0, 0.05) is 26.7 Å². The molecule has 21 heavy (non-hydrogen) atoms. The van der Waals surface area contributed by atoms with Crippen molar-refractivity contribution in [2.75, 3.05) is 33.9 Å². The molecule has 7 heteroatoms. The number of hydrogen-bond acceptors (Lipinski definition) is 4. The number of rotatable bonds is 7. The SMILES string of the molecule is COCCN(C)CCn1c(=O)[nH]c2ccc(C(=O)O)cc21. The van der Waals surface area contributed by atoms with Gasteiger partial charge in [-0.05, 0) is 25.2 Å². The lowest BCUT2D eigenvalue weighted by Crippen LogP contribution is -2.29. The Labute approximate surface area is 121 Å². The van der Waals surface area contributed by atoms with Gasteiger partial charge in [0.05, 0.1) is 23.2 Å². The summed E-state index contributed by atoms with van der Waals surface area (Å²) in [5.74, 6) is -1.01. The number of aromatic amines is 1. The van der Waals surface area contributed by atoms with Crippen LogP contribution in [0.4, 0.5) is 0 Å². The van der Waals surface area contributed by atoms with Gasteiger partial charge in [-0.2, -0.15) is 0 Å². The molecule has 0 saturated carbocycles. The predicted molar refractivity (Wildman–Crippen MR) is 78.9 cm³/mol. The maximum Gasteiger partial charge on any atom is 0.335 e. The molecule has 2 aromatic rings. The van der Waals surface area contributed by atoms with Crippen molar-refractivity contribution in [1.29, 1.82) is 0 Å². The highest BCUT2D eigenvalue weighted by atomic mass is 16.5. The molecule has 114 valence electrons. The normalized spacial score (nSPS) is 11.4. The van der Waals surface area contributed by atoms with E-state index < -0.39 is 5.97 Å². The second-order valence-corrected chi connectivity index (χ2v) is 4.91. The van der Waals surface area contributed by atoms with Gasteiger partial charge in [-0.1, -0.05) is 0 Å². The zero-order valence-corrected chi connectivity index (χ0v) is 12.1. The van der Waals surface area contributed by atoms with Crippen LogP contribution in [0.3, 0.4) is 0 Å². The summed E-state index contributed by atoms with van der Waals surface area (Å²) in [6.07, 6.45) is 0. The topological polar surface area (TPSA) is 87.6 Å². The van der Waals surface area contributed by atoms with E-state index in [1.807, 2.05) is 7.05 Å². The molecule has 1 aromatic carbocycles. The minimum absolute atomic E-state index is 0.169. The molecule has 0 radical (unpaired) electrons. The number of nitrogens with zero attached hydrogens (tertiary/aromatic N) is 2. The lowest BCUT2D eigenvalue weighted by atomic mass is 10.2. The summed E-state index contributed by atoms with van der Waals surface area (Å²) in [5, 5.41) is 9.04. The number of imidazole rings is 1. The van der Waals surface area contributed by atoms with Crippen LogP contribution in [0.1, 0.15) is 10.4 Å². The molecular formula is C14H19N3O4. The van der Waals surface area contributed by atoms with Crippen LogP contribution < -0.4 is 5.69 Å². The first-order valence-corrected chi connectivity index (χ1v) is 6.66. The van der Waals surface area contributed by atoms with Crippen molar-refractivity contribution in [2.45, 2.75) is 6.54 Å². The van der Waals surface area contributed by atoms with Crippen molar-refractivity contribution in [3.05, 3.63) is 34.2 Å². The number of H-pyrrole nitrogens is 1. The van der Waals surface area contributed by atoms with Gasteiger partial charge in [0.2, 0.25) is 0 Å². The maximum absolute atomic E-state index is 12.0. The van der Waals surface area contributed by atoms with E-state index in [1.54, 1.807) is 17.7 Å². The van der Waals surface area contributed by atoms with Crippen molar-refractivity contribution in [3.63, 3.8) is 0 Å². The fraction of sp³-hybridized carbons (Fsp3) is 0.429. The van der Waals surface area contributed by atoms with Gasteiger partial charge in [-0.25, -0.2) is 9.59 Å². The molecule has 1 aromatic heterocycles. The zero-order chi connectivity index (χ0) is 15.4. The third-order valence-electron chi connectivity index (χ3n) is 3.40. The molecule has 1 heterocycles. The van der Waals surface area contributed by atoms with Gasteiger partial charge in [0.15, 0.2) is 0 Å². The van der Waals surface area contributed by atoms with Gasteiger partial charge >= 0.3 is 11.7 Å². The number of likely N-dealkylation sites (N-methyl/N-ethyl adjacent to an activating group) is 1. The Morgan fingerprint density at radius 2 is 2.19 bits per heavy atom. The number of fused-ring (bicyclic) bond motifs is 1. The molecule has 0 aliphatic carbocycles. The van der Waals surface area contributed by atoms with Gasteiger partial charge in [0.25, 0.3) is 0 Å². The number of carboxylic acids is 1. The Kier molecular flexibility index (Phi) is 4.77. The molecule has 0 bridgehead atoms. The number of carboxylic acid groups (broad SMARTS) is 1. The molecular weight excluding hydrogens is 274 g/mol. The van der Waals surface area contributed by atoms with E-state index in [2.05, 4.69) is 9.88 Å². The highest BCUT2D eigenvalue weighted by Crippen LogP contribution is 2.13. The van der Waals surface area contributed by atoms with Crippen molar-refractivity contribution in [2.24, 2.45) is 0 Å². The summed E-state index contributed by atoms with van der Waals surface area (Å²) in [4.78, 5) is 27.8. The van der Waals surface area contributed by atoms with Crippen molar-refractivity contribution < 1.29 is 14.6 Å². The number of aromatic nitrogens is 2. The Bertz CT molecular complexity index is 689. The minimum Gasteiger partial charge on any atom is -0.478 e. The van der Waals surface area contributed by atoms with Gasteiger partial charge in [0.1, 0.15) is 0 Å². The van der Waals surface area contributed by atoms with Crippen LogP contribution in [0.2, 0.25) is 0 Å². The fourth-order valence-electron chi connectivity index (χ4n) is 2.14. The number of nitrogens with one attached hydrogen (secondary N) is 1. The van der Waals surface area contributed by atoms with Crippen LogP contribution in [0, 0.1) is 0 Å². The van der Waals surface area contributed by atoms with Crippen LogP contribution in [-0.4, -0.2) is 59.4 Å². The maximum atomic E-state index is 12.0. The number of hydrogen-bond donors (Lipinski definition) is 2. The molecule has 0 unspecified atom stereocenters. The fourth-order valence-corrected chi connectivity index (χ4v) is 2.14. The largest absolute Gasteiger partial charge is 0.478 e. The van der Waals surface area contributed by atoms with E-state index in [9.17, 15) is 9.59 Å². The molecule has 0 aliphatic rings. The number of carbonyl (C=O) groups is 1. The minimum atomic E-state index is -1.01. The van der Waals surface area contributed by atoms with Gasteiger partial charge < -0.3 is 19.7 Å². The van der Waals surface area contributed by atoms with E-state index in [0.29, 0.717) is 30.7 Å². The van der Waals surface area contributed by atoms with E-state index in [1.165, 1.54) is 12.1 Å².